The van der Waals surface area contributed by atoms with Crippen molar-refractivity contribution in [2.24, 2.45) is 0 Å². The Bertz CT molecular complexity index is 681. The van der Waals surface area contributed by atoms with Gasteiger partial charge in [-0.3, -0.25) is 4.79 Å². The van der Waals surface area contributed by atoms with Crippen LogP contribution in [0.1, 0.15) is 6.42 Å². The summed E-state index contributed by atoms with van der Waals surface area (Å²) in [5.74, 6) is 0.136. The number of carbonyl (C=O) groups excluding carboxylic acids is 1. The molecule has 1 aromatic rings. The van der Waals surface area contributed by atoms with E-state index in [1.807, 2.05) is 0 Å². The first-order valence-corrected chi connectivity index (χ1v) is 9.68. The van der Waals surface area contributed by atoms with Crippen molar-refractivity contribution in [3.8, 4) is 5.75 Å². The van der Waals surface area contributed by atoms with E-state index >= 15 is 0 Å². The van der Waals surface area contributed by atoms with Crippen LogP contribution in [0.5, 0.6) is 5.75 Å². The molecule has 0 radical (unpaired) electrons. The van der Waals surface area contributed by atoms with E-state index in [0.29, 0.717) is 48.4 Å². The highest BCUT2D eigenvalue weighted by atomic mass is 35.5. The van der Waals surface area contributed by atoms with Crippen molar-refractivity contribution in [1.29, 1.82) is 0 Å². The Morgan fingerprint density at radius 2 is 1.96 bits per heavy atom. The third-order valence-electron chi connectivity index (χ3n) is 3.52. The van der Waals surface area contributed by atoms with Crippen LogP contribution in [0.15, 0.2) is 18.2 Å². The highest BCUT2D eigenvalue weighted by Gasteiger charge is 2.24. The molecule has 1 fully saturated rings. The molecule has 1 aliphatic heterocycles. The fraction of sp³-hybridized carbons (Fsp3) is 0.500. The molecular formula is C14H18Cl2N2O4S. The molecule has 1 amide bonds. The maximum absolute atomic E-state index is 12.2. The molecule has 0 aromatic heterocycles. The molecule has 1 aromatic carbocycles. The van der Waals surface area contributed by atoms with Gasteiger partial charge in [0.2, 0.25) is 10.0 Å². The van der Waals surface area contributed by atoms with Crippen molar-refractivity contribution in [3.05, 3.63) is 28.2 Å². The van der Waals surface area contributed by atoms with Crippen LogP contribution in [0.4, 0.5) is 0 Å². The predicted molar refractivity (Wildman–Crippen MR) is 89.6 cm³/mol. The Morgan fingerprint density at radius 1 is 1.22 bits per heavy atom. The van der Waals surface area contributed by atoms with Crippen molar-refractivity contribution in [2.75, 3.05) is 39.0 Å². The average Bonchev–Trinajstić information content (AvgIpc) is 2.73. The molecule has 0 atom stereocenters. The molecule has 0 saturated carbocycles. The molecule has 1 heterocycles. The molecule has 0 unspecified atom stereocenters. The molecule has 1 aliphatic rings. The maximum Gasteiger partial charge on any atom is 0.260 e. The monoisotopic (exact) mass is 380 g/mol. The van der Waals surface area contributed by atoms with E-state index in [2.05, 4.69) is 0 Å². The van der Waals surface area contributed by atoms with Gasteiger partial charge in [0, 0.05) is 37.3 Å². The van der Waals surface area contributed by atoms with Crippen molar-refractivity contribution >= 4 is 39.1 Å². The minimum atomic E-state index is -3.23. The molecular weight excluding hydrogens is 363 g/mol. The quantitative estimate of drug-likeness (QED) is 0.799. The first-order valence-electron chi connectivity index (χ1n) is 7.08. The smallest absolute Gasteiger partial charge is 0.260 e. The lowest BCUT2D eigenvalue weighted by atomic mass is 10.3. The van der Waals surface area contributed by atoms with Gasteiger partial charge in [0.25, 0.3) is 5.91 Å². The Kier molecular flexibility index (Phi) is 6.13. The van der Waals surface area contributed by atoms with Crippen molar-refractivity contribution in [3.63, 3.8) is 0 Å². The molecule has 0 spiro atoms. The lowest BCUT2D eigenvalue weighted by molar-refractivity contribution is -0.133. The topological polar surface area (TPSA) is 66.9 Å². The third kappa shape index (κ3) is 5.24. The van der Waals surface area contributed by atoms with Crippen LogP contribution in [0.2, 0.25) is 10.0 Å². The Hall–Kier alpha value is -1.02. The van der Waals surface area contributed by atoms with Crippen molar-refractivity contribution in [1.82, 2.24) is 9.21 Å². The van der Waals surface area contributed by atoms with Crippen molar-refractivity contribution < 1.29 is 17.9 Å². The SMILES string of the molecule is CS(=O)(=O)N1CCCN(C(=O)COc2cc(Cl)ccc2Cl)CC1. The first kappa shape index (κ1) is 18.3. The van der Waals surface area contributed by atoms with E-state index in [1.165, 1.54) is 10.6 Å². The highest BCUT2D eigenvalue weighted by molar-refractivity contribution is 7.88. The molecule has 128 valence electrons. The second kappa shape index (κ2) is 7.70. The molecule has 2 rings (SSSR count). The van der Waals surface area contributed by atoms with E-state index in [9.17, 15) is 13.2 Å². The van der Waals surface area contributed by atoms with E-state index in [1.54, 1.807) is 23.1 Å². The van der Waals surface area contributed by atoms with Gasteiger partial charge in [-0.2, -0.15) is 0 Å². The Morgan fingerprint density at radius 3 is 2.65 bits per heavy atom. The summed E-state index contributed by atoms with van der Waals surface area (Å²) in [5, 5.41) is 0.844. The zero-order chi connectivity index (χ0) is 17.0. The van der Waals surface area contributed by atoms with Gasteiger partial charge < -0.3 is 9.64 Å². The number of benzene rings is 1. The van der Waals surface area contributed by atoms with Gasteiger partial charge in [-0.05, 0) is 18.6 Å². The van der Waals surface area contributed by atoms with Gasteiger partial charge in [-0.15, -0.1) is 0 Å². The Labute approximate surface area is 146 Å². The highest BCUT2D eigenvalue weighted by Crippen LogP contribution is 2.27. The number of rotatable bonds is 4. The fourth-order valence-corrected chi connectivity index (χ4v) is 3.50. The first-order chi connectivity index (χ1) is 10.8. The lowest BCUT2D eigenvalue weighted by Gasteiger charge is -2.21. The molecule has 6 nitrogen and oxygen atoms in total. The molecule has 23 heavy (non-hydrogen) atoms. The number of sulfonamides is 1. The second-order valence-electron chi connectivity index (χ2n) is 5.26. The average molecular weight is 381 g/mol. The van der Waals surface area contributed by atoms with Crippen LogP contribution < -0.4 is 4.74 Å². The van der Waals surface area contributed by atoms with Gasteiger partial charge in [0.1, 0.15) is 5.75 Å². The summed E-state index contributed by atoms with van der Waals surface area (Å²) in [5.41, 5.74) is 0. The zero-order valence-electron chi connectivity index (χ0n) is 12.7. The zero-order valence-corrected chi connectivity index (χ0v) is 15.0. The number of amides is 1. The van der Waals surface area contributed by atoms with Gasteiger partial charge >= 0.3 is 0 Å². The second-order valence-corrected chi connectivity index (χ2v) is 8.09. The summed E-state index contributed by atoms with van der Waals surface area (Å²) >= 11 is 11.8. The molecule has 0 bridgehead atoms. The molecule has 0 aliphatic carbocycles. The summed E-state index contributed by atoms with van der Waals surface area (Å²) in [6.45, 7) is 1.39. The number of hydrogen-bond acceptors (Lipinski definition) is 4. The van der Waals surface area contributed by atoms with Gasteiger partial charge in [-0.25, -0.2) is 12.7 Å². The number of carbonyl (C=O) groups is 1. The minimum absolute atomic E-state index is 0.168. The normalized spacial score (nSPS) is 16.9. The summed E-state index contributed by atoms with van der Waals surface area (Å²) in [7, 11) is -3.23. The van der Waals surface area contributed by atoms with Crippen LogP contribution in [0, 0.1) is 0 Å². The number of halogens is 2. The van der Waals surface area contributed by atoms with Crippen LogP contribution in [0.3, 0.4) is 0 Å². The van der Waals surface area contributed by atoms with Crippen LogP contribution in [-0.4, -0.2) is 62.6 Å². The number of nitrogens with zero attached hydrogens (tertiary/aromatic N) is 2. The van der Waals surface area contributed by atoms with E-state index in [-0.39, 0.29) is 12.5 Å². The van der Waals surface area contributed by atoms with Crippen LogP contribution in [-0.2, 0) is 14.8 Å². The maximum atomic E-state index is 12.2. The fourth-order valence-electron chi connectivity index (χ4n) is 2.29. The standard InChI is InChI=1S/C14H18Cl2N2O4S/c1-23(20,21)18-6-2-5-17(7-8-18)14(19)10-22-13-9-11(15)3-4-12(13)16/h3-4,9H,2,5-8,10H2,1H3. The number of hydrogen-bond donors (Lipinski definition) is 0. The van der Waals surface area contributed by atoms with Crippen molar-refractivity contribution in [2.45, 2.75) is 6.42 Å². The molecule has 9 heteroatoms. The summed E-state index contributed by atoms with van der Waals surface area (Å²) < 4.78 is 29.9. The minimum Gasteiger partial charge on any atom is -0.482 e. The lowest BCUT2D eigenvalue weighted by Crippen LogP contribution is -2.39. The number of ether oxygens (including phenoxy) is 1. The van der Waals surface area contributed by atoms with E-state index in [0.717, 1.165) is 0 Å². The predicted octanol–water partition coefficient (Wildman–Crippen LogP) is 1.87. The van der Waals surface area contributed by atoms with Crippen LogP contribution in [0.25, 0.3) is 0 Å². The third-order valence-corrected chi connectivity index (χ3v) is 5.37. The van der Waals surface area contributed by atoms with Gasteiger partial charge in [0.15, 0.2) is 6.61 Å². The van der Waals surface area contributed by atoms with Gasteiger partial charge in [0.05, 0.1) is 11.3 Å². The van der Waals surface area contributed by atoms with Gasteiger partial charge in [-0.1, -0.05) is 23.2 Å². The van der Waals surface area contributed by atoms with E-state index in [4.69, 9.17) is 27.9 Å². The summed E-state index contributed by atoms with van der Waals surface area (Å²) in [6.07, 6.45) is 1.77. The Balaban J connectivity index is 1.92. The summed E-state index contributed by atoms with van der Waals surface area (Å²) in [4.78, 5) is 13.8. The summed E-state index contributed by atoms with van der Waals surface area (Å²) in [6, 6.07) is 4.78. The largest absolute Gasteiger partial charge is 0.482 e. The molecule has 0 N–H and O–H groups in total. The van der Waals surface area contributed by atoms with Crippen LogP contribution >= 0.6 is 23.2 Å². The van der Waals surface area contributed by atoms with E-state index < -0.39 is 10.0 Å². The molecule has 1 saturated heterocycles.